The van der Waals surface area contributed by atoms with Crippen LogP contribution < -0.4 is 5.32 Å². The van der Waals surface area contributed by atoms with Crippen LogP contribution in [0.2, 0.25) is 0 Å². The summed E-state index contributed by atoms with van der Waals surface area (Å²) in [5.74, 6) is 0. The van der Waals surface area contributed by atoms with E-state index in [0.717, 1.165) is 25.5 Å². The SMILES string of the molecule is COC(=O)NCCCCCC=O. The van der Waals surface area contributed by atoms with Gasteiger partial charge in [-0.3, -0.25) is 0 Å². The van der Waals surface area contributed by atoms with E-state index in [1.54, 1.807) is 0 Å². The predicted molar refractivity (Wildman–Crippen MR) is 44.9 cm³/mol. The van der Waals surface area contributed by atoms with Crippen molar-refractivity contribution in [3.05, 3.63) is 0 Å². The molecule has 0 saturated heterocycles. The molecule has 0 radical (unpaired) electrons. The van der Waals surface area contributed by atoms with Crippen LogP contribution in [-0.4, -0.2) is 26.0 Å². The minimum Gasteiger partial charge on any atom is -0.453 e. The van der Waals surface area contributed by atoms with Gasteiger partial charge >= 0.3 is 6.09 Å². The molecule has 0 rings (SSSR count). The lowest BCUT2D eigenvalue weighted by molar-refractivity contribution is -0.107. The first-order valence-corrected chi connectivity index (χ1v) is 4.06. The summed E-state index contributed by atoms with van der Waals surface area (Å²) in [6.07, 6.45) is 3.87. The van der Waals surface area contributed by atoms with Crippen LogP contribution in [0.5, 0.6) is 0 Å². The van der Waals surface area contributed by atoms with Gasteiger partial charge in [0.05, 0.1) is 7.11 Å². The van der Waals surface area contributed by atoms with Gasteiger partial charge in [-0.25, -0.2) is 4.79 Å². The molecule has 0 aromatic carbocycles. The zero-order valence-corrected chi connectivity index (χ0v) is 7.34. The molecule has 0 atom stereocenters. The second kappa shape index (κ2) is 8.04. The summed E-state index contributed by atoms with van der Waals surface area (Å²) >= 11 is 0. The van der Waals surface area contributed by atoms with Gasteiger partial charge in [0.25, 0.3) is 0 Å². The van der Waals surface area contributed by atoms with Crippen molar-refractivity contribution in [1.82, 2.24) is 5.32 Å². The molecule has 4 nitrogen and oxygen atoms in total. The highest BCUT2D eigenvalue weighted by Gasteiger charge is 1.95. The van der Waals surface area contributed by atoms with Gasteiger partial charge in [-0.15, -0.1) is 0 Å². The molecular formula is C8H15NO3. The van der Waals surface area contributed by atoms with Crippen molar-refractivity contribution < 1.29 is 14.3 Å². The molecule has 0 heterocycles. The molecular weight excluding hydrogens is 158 g/mol. The second-order valence-electron chi connectivity index (χ2n) is 2.43. The van der Waals surface area contributed by atoms with E-state index in [0.29, 0.717) is 13.0 Å². The topological polar surface area (TPSA) is 55.4 Å². The van der Waals surface area contributed by atoms with Crippen LogP contribution >= 0.6 is 0 Å². The summed E-state index contributed by atoms with van der Waals surface area (Å²) in [6, 6.07) is 0. The lowest BCUT2D eigenvalue weighted by Gasteiger charge is -2.01. The molecule has 4 heteroatoms. The van der Waals surface area contributed by atoms with E-state index in [1.807, 2.05) is 0 Å². The van der Waals surface area contributed by atoms with Crippen molar-refractivity contribution in [2.75, 3.05) is 13.7 Å². The third-order valence-corrected chi connectivity index (χ3v) is 1.45. The third-order valence-electron chi connectivity index (χ3n) is 1.45. The monoisotopic (exact) mass is 173 g/mol. The molecule has 0 unspecified atom stereocenters. The first-order valence-electron chi connectivity index (χ1n) is 4.06. The number of alkyl carbamates (subject to hydrolysis) is 1. The van der Waals surface area contributed by atoms with E-state index >= 15 is 0 Å². The van der Waals surface area contributed by atoms with Crippen molar-refractivity contribution in [3.8, 4) is 0 Å². The fraction of sp³-hybridized carbons (Fsp3) is 0.750. The van der Waals surface area contributed by atoms with Crippen LogP contribution in [0, 0.1) is 0 Å². The van der Waals surface area contributed by atoms with E-state index in [1.165, 1.54) is 7.11 Å². The van der Waals surface area contributed by atoms with Crippen molar-refractivity contribution in [1.29, 1.82) is 0 Å². The number of aldehydes is 1. The number of hydrogen-bond acceptors (Lipinski definition) is 3. The average molecular weight is 173 g/mol. The Bertz CT molecular complexity index is 136. The van der Waals surface area contributed by atoms with E-state index in [2.05, 4.69) is 10.1 Å². The minimum atomic E-state index is -0.398. The Morgan fingerprint density at radius 1 is 1.42 bits per heavy atom. The number of hydrogen-bond donors (Lipinski definition) is 1. The highest BCUT2D eigenvalue weighted by molar-refractivity contribution is 5.66. The van der Waals surface area contributed by atoms with Crippen molar-refractivity contribution in [2.45, 2.75) is 25.7 Å². The van der Waals surface area contributed by atoms with Crippen LogP contribution in [0.15, 0.2) is 0 Å². The van der Waals surface area contributed by atoms with Crippen LogP contribution in [-0.2, 0) is 9.53 Å². The normalized spacial score (nSPS) is 9.08. The second-order valence-corrected chi connectivity index (χ2v) is 2.43. The maximum Gasteiger partial charge on any atom is 0.406 e. The standard InChI is InChI=1S/C8H15NO3/c1-12-8(11)9-6-4-2-3-5-7-10/h7H,2-6H2,1H3,(H,9,11). The van der Waals surface area contributed by atoms with Gasteiger partial charge in [-0.1, -0.05) is 6.42 Å². The van der Waals surface area contributed by atoms with Gasteiger partial charge in [0.2, 0.25) is 0 Å². The molecule has 0 aliphatic heterocycles. The van der Waals surface area contributed by atoms with Gasteiger partial charge in [0, 0.05) is 13.0 Å². The van der Waals surface area contributed by atoms with Crippen molar-refractivity contribution >= 4 is 12.4 Å². The molecule has 0 aromatic heterocycles. The van der Waals surface area contributed by atoms with E-state index in [4.69, 9.17) is 0 Å². The quantitative estimate of drug-likeness (QED) is 0.483. The Morgan fingerprint density at radius 2 is 2.17 bits per heavy atom. The molecule has 0 fully saturated rings. The summed E-state index contributed by atoms with van der Waals surface area (Å²) < 4.78 is 4.37. The van der Waals surface area contributed by atoms with E-state index in [-0.39, 0.29) is 0 Å². The summed E-state index contributed by atoms with van der Waals surface area (Å²) in [5, 5.41) is 2.56. The van der Waals surface area contributed by atoms with Gasteiger partial charge < -0.3 is 14.8 Å². The van der Waals surface area contributed by atoms with Gasteiger partial charge in [0.1, 0.15) is 6.29 Å². The van der Waals surface area contributed by atoms with Crippen LogP contribution in [0.3, 0.4) is 0 Å². The third kappa shape index (κ3) is 7.05. The maximum absolute atomic E-state index is 10.5. The molecule has 0 saturated carbocycles. The summed E-state index contributed by atoms with van der Waals surface area (Å²) in [5.41, 5.74) is 0. The summed E-state index contributed by atoms with van der Waals surface area (Å²) in [7, 11) is 1.34. The Morgan fingerprint density at radius 3 is 2.75 bits per heavy atom. The smallest absolute Gasteiger partial charge is 0.406 e. The van der Waals surface area contributed by atoms with Crippen LogP contribution in [0.25, 0.3) is 0 Å². The lowest BCUT2D eigenvalue weighted by atomic mass is 10.2. The Labute approximate surface area is 72.3 Å². The van der Waals surface area contributed by atoms with Crippen molar-refractivity contribution in [2.24, 2.45) is 0 Å². The van der Waals surface area contributed by atoms with Crippen molar-refractivity contribution in [3.63, 3.8) is 0 Å². The van der Waals surface area contributed by atoms with Crippen LogP contribution in [0.4, 0.5) is 4.79 Å². The summed E-state index contributed by atoms with van der Waals surface area (Å²) in [6.45, 7) is 0.617. The molecule has 1 N–H and O–H groups in total. The minimum absolute atomic E-state index is 0.398. The number of carbonyl (C=O) groups excluding carboxylic acids is 2. The van der Waals surface area contributed by atoms with Gasteiger partial charge in [-0.05, 0) is 12.8 Å². The van der Waals surface area contributed by atoms with E-state index < -0.39 is 6.09 Å². The predicted octanol–water partition coefficient (Wildman–Crippen LogP) is 1.10. The molecule has 0 bridgehead atoms. The number of nitrogens with one attached hydrogen (secondary N) is 1. The number of carbonyl (C=O) groups is 2. The fourth-order valence-electron chi connectivity index (χ4n) is 0.792. The molecule has 70 valence electrons. The molecule has 0 aliphatic carbocycles. The molecule has 1 amide bonds. The lowest BCUT2D eigenvalue weighted by Crippen LogP contribution is -2.23. The number of rotatable bonds is 6. The highest BCUT2D eigenvalue weighted by atomic mass is 16.5. The largest absolute Gasteiger partial charge is 0.453 e. The van der Waals surface area contributed by atoms with Crippen LogP contribution in [0.1, 0.15) is 25.7 Å². The van der Waals surface area contributed by atoms with Gasteiger partial charge in [0.15, 0.2) is 0 Å². The molecule has 0 aromatic rings. The molecule has 12 heavy (non-hydrogen) atoms. The summed E-state index contributed by atoms with van der Waals surface area (Å²) in [4.78, 5) is 20.4. The Kier molecular flexibility index (Phi) is 7.33. The molecule has 0 spiro atoms. The average Bonchev–Trinajstić information content (AvgIpc) is 2.10. The number of unbranched alkanes of at least 4 members (excludes halogenated alkanes) is 3. The zero-order chi connectivity index (χ0) is 9.23. The maximum atomic E-state index is 10.5. The number of methoxy groups -OCH3 is 1. The zero-order valence-electron chi connectivity index (χ0n) is 7.34. The Balaban J connectivity index is 3.00. The fourth-order valence-corrected chi connectivity index (χ4v) is 0.792. The number of ether oxygens (including phenoxy) is 1. The van der Waals surface area contributed by atoms with E-state index in [9.17, 15) is 9.59 Å². The number of amides is 1. The Hall–Kier alpha value is -1.06. The van der Waals surface area contributed by atoms with Gasteiger partial charge in [-0.2, -0.15) is 0 Å². The first-order chi connectivity index (χ1) is 5.81. The first kappa shape index (κ1) is 10.9. The molecule has 0 aliphatic rings. The highest BCUT2D eigenvalue weighted by Crippen LogP contribution is 1.95.